The van der Waals surface area contributed by atoms with Crippen LogP contribution in [0.4, 0.5) is 0 Å². The number of rotatable bonds is 10. The molecule has 1 N–H and O–H groups in total. The van der Waals surface area contributed by atoms with Gasteiger partial charge in [0.15, 0.2) is 6.61 Å². The van der Waals surface area contributed by atoms with E-state index in [0.717, 1.165) is 42.4 Å². The summed E-state index contributed by atoms with van der Waals surface area (Å²) < 4.78 is 11.2. The van der Waals surface area contributed by atoms with Gasteiger partial charge in [-0.15, -0.1) is 0 Å². The van der Waals surface area contributed by atoms with Crippen molar-refractivity contribution in [2.24, 2.45) is 0 Å². The van der Waals surface area contributed by atoms with Crippen molar-refractivity contribution in [1.29, 1.82) is 0 Å². The number of methoxy groups -OCH3 is 1. The van der Waals surface area contributed by atoms with Crippen LogP contribution >= 0.6 is 11.6 Å². The van der Waals surface area contributed by atoms with Gasteiger partial charge >= 0.3 is 0 Å². The number of nitrogens with one attached hydrogen (secondary N) is 1. The second kappa shape index (κ2) is 12.1. The highest BCUT2D eigenvalue weighted by molar-refractivity contribution is 6.32. The van der Waals surface area contributed by atoms with Gasteiger partial charge in [-0.3, -0.25) is 9.59 Å². The molecule has 0 bridgehead atoms. The van der Waals surface area contributed by atoms with Crippen molar-refractivity contribution in [3.05, 3.63) is 58.1 Å². The summed E-state index contributed by atoms with van der Waals surface area (Å²) in [6.07, 6.45) is 4.74. The van der Waals surface area contributed by atoms with Crippen molar-refractivity contribution >= 4 is 23.4 Å². The average molecular weight is 487 g/mol. The van der Waals surface area contributed by atoms with E-state index in [1.807, 2.05) is 57.2 Å². The van der Waals surface area contributed by atoms with Crippen molar-refractivity contribution in [2.75, 3.05) is 13.7 Å². The van der Waals surface area contributed by atoms with Crippen molar-refractivity contribution < 1.29 is 19.1 Å². The topological polar surface area (TPSA) is 67.9 Å². The minimum atomic E-state index is -0.586. The number of hydrogen-bond donors (Lipinski definition) is 1. The van der Waals surface area contributed by atoms with Gasteiger partial charge in [0.2, 0.25) is 5.91 Å². The highest BCUT2D eigenvalue weighted by Crippen LogP contribution is 2.26. The zero-order chi connectivity index (χ0) is 24.7. The van der Waals surface area contributed by atoms with Gasteiger partial charge in [-0.25, -0.2) is 0 Å². The fourth-order valence-electron chi connectivity index (χ4n) is 4.47. The number of ether oxygens (including phenoxy) is 2. The minimum absolute atomic E-state index is 0.108. The standard InChI is InChI=1S/C27H35ClN2O4/c1-5-24(27(32)29-21-10-6-7-11-21)30(16-20-9-8-12-22(15-20)33-4)25(31)17-34-23-13-18(2)26(28)19(3)14-23/h8-9,12-15,21,24H,5-7,10-11,16-17H2,1-4H3,(H,29,32)/t24-/m0/s1. The van der Waals surface area contributed by atoms with Gasteiger partial charge in [-0.05, 0) is 74.1 Å². The molecule has 0 heterocycles. The lowest BCUT2D eigenvalue weighted by Crippen LogP contribution is -2.52. The van der Waals surface area contributed by atoms with Crippen LogP contribution in [0.3, 0.4) is 0 Å². The Balaban J connectivity index is 1.79. The maximum absolute atomic E-state index is 13.4. The summed E-state index contributed by atoms with van der Waals surface area (Å²) in [5.74, 6) is 0.930. The van der Waals surface area contributed by atoms with Crippen molar-refractivity contribution in [3.63, 3.8) is 0 Å². The number of carbonyl (C=O) groups is 2. The summed E-state index contributed by atoms with van der Waals surface area (Å²) in [7, 11) is 1.61. The smallest absolute Gasteiger partial charge is 0.261 e. The van der Waals surface area contributed by atoms with Gasteiger partial charge in [-0.1, -0.05) is 43.5 Å². The lowest BCUT2D eigenvalue weighted by atomic mass is 10.1. The lowest BCUT2D eigenvalue weighted by molar-refractivity contribution is -0.143. The predicted molar refractivity (Wildman–Crippen MR) is 134 cm³/mol. The second-order valence-corrected chi connectivity index (χ2v) is 9.32. The Labute approximate surface area is 207 Å². The molecular formula is C27H35ClN2O4. The summed E-state index contributed by atoms with van der Waals surface area (Å²) in [4.78, 5) is 28.2. The average Bonchev–Trinajstić information content (AvgIpc) is 3.33. The molecule has 0 saturated heterocycles. The monoisotopic (exact) mass is 486 g/mol. The predicted octanol–water partition coefficient (Wildman–Crippen LogP) is 5.21. The van der Waals surface area contributed by atoms with Gasteiger partial charge in [0.1, 0.15) is 17.5 Å². The largest absolute Gasteiger partial charge is 0.497 e. The van der Waals surface area contributed by atoms with Crippen LogP contribution in [0.5, 0.6) is 11.5 Å². The van der Waals surface area contributed by atoms with Crippen LogP contribution in [0.2, 0.25) is 5.02 Å². The molecule has 0 radical (unpaired) electrons. The van der Waals surface area contributed by atoms with Crippen LogP contribution in [0, 0.1) is 13.8 Å². The van der Waals surface area contributed by atoms with Crippen molar-refractivity contribution in [3.8, 4) is 11.5 Å². The maximum Gasteiger partial charge on any atom is 0.261 e. The fourth-order valence-corrected chi connectivity index (χ4v) is 4.58. The van der Waals surface area contributed by atoms with E-state index in [4.69, 9.17) is 21.1 Å². The number of hydrogen-bond acceptors (Lipinski definition) is 4. The van der Waals surface area contributed by atoms with E-state index in [1.165, 1.54) is 0 Å². The third kappa shape index (κ3) is 6.66. The first kappa shape index (κ1) is 25.9. The van der Waals surface area contributed by atoms with E-state index >= 15 is 0 Å². The zero-order valence-corrected chi connectivity index (χ0v) is 21.3. The molecular weight excluding hydrogens is 452 g/mol. The van der Waals surface area contributed by atoms with E-state index in [0.29, 0.717) is 22.9 Å². The van der Waals surface area contributed by atoms with Gasteiger partial charge in [-0.2, -0.15) is 0 Å². The molecule has 7 heteroatoms. The Hall–Kier alpha value is -2.73. The normalized spacial score (nSPS) is 14.5. The molecule has 1 saturated carbocycles. The second-order valence-electron chi connectivity index (χ2n) is 8.95. The molecule has 2 aromatic rings. The molecule has 0 aliphatic heterocycles. The number of nitrogens with zero attached hydrogens (tertiary/aromatic N) is 1. The first-order chi connectivity index (χ1) is 16.3. The van der Waals surface area contributed by atoms with Gasteiger partial charge in [0.05, 0.1) is 7.11 Å². The van der Waals surface area contributed by atoms with Gasteiger partial charge in [0.25, 0.3) is 5.91 Å². The molecule has 34 heavy (non-hydrogen) atoms. The Kier molecular flexibility index (Phi) is 9.22. The Morgan fingerprint density at radius 1 is 1.12 bits per heavy atom. The molecule has 1 atom stereocenters. The molecule has 0 aromatic heterocycles. The summed E-state index contributed by atoms with van der Waals surface area (Å²) in [5.41, 5.74) is 2.66. The van der Waals surface area contributed by atoms with Crippen molar-refractivity contribution in [2.45, 2.75) is 71.5 Å². The van der Waals surface area contributed by atoms with E-state index in [9.17, 15) is 9.59 Å². The van der Waals surface area contributed by atoms with Crippen LogP contribution in [-0.2, 0) is 16.1 Å². The molecule has 1 aliphatic carbocycles. The molecule has 1 aliphatic rings. The summed E-state index contributed by atoms with van der Waals surface area (Å²) in [5, 5.41) is 3.84. The molecule has 2 amide bonds. The van der Waals surface area contributed by atoms with Crippen molar-refractivity contribution in [1.82, 2.24) is 10.2 Å². The van der Waals surface area contributed by atoms with E-state index in [1.54, 1.807) is 12.0 Å². The number of benzene rings is 2. The first-order valence-electron chi connectivity index (χ1n) is 11.9. The van der Waals surface area contributed by atoms with Crippen LogP contribution in [-0.4, -0.2) is 42.5 Å². The SMILES string of the molecule is CC[C@@H](C(=O)NC1CCCC1)N(Cc1cccc(OC)c1)C(=O)COc1cc(C)c(Cl)c(C)c1. The zero-order valence-electron chi connectivity index (χ0n) is 20.5. The van der Waals surface area contributed by atoms with Gasteiger partial charge < -0.3 is 19.7 Å². The van der Waals surface area contributed by atoms with Crippen LogP contribution < -0.4 is 14.8 Å². The third-order valence-corrected chi connectivity index (χ3v) is 6.94. The van der Waals surface area contributed by atoms with E-state index in [-0.39, 0.29) is 31.0 Å². The van der Waals surface area contributed by atoms with E-state index < -0.39 is 6.04 Å². The van der Waals surface area contributed by atoms with Gasteiger partial charge in [0, 0.05) is 17.6 Å². The molecule has 1 fully saturated rings. The number of carbonyl (C=O) groups excluding carboxylic acids is 2. The van der Waals surface area contributed by atoms with Crippen LogP contribution in [0.1, 0.15) is 55.7 Å². The third-order valence-electron chi connectivity index (χ3n) is 6.35. The molecule has 0 spiro atoms. The highest BCUT2D eigenvalue weighted by atomic mass is 35.5. The number of halogens is 1. The molecule has 6 nitrogen and oxygen atoms in total. The highest BCUT2D eigenvalue weighted by Gasteiger charge is 2.31. The quantitative estimate of drug-likeness (QED) is 0.500. The molecule has 184 valence electrons. The summed E-state index contributed by atoms with van der Waals surface area (Å²) in [6, 6.07) is 10.8. The Morgan fingerprint density at radius 2 is 1.79 bits per heavy atom. The Bertz CT molecular complexity index is 981. The first-order valence-corrected chi connectivity index (χ1v) is 12.3. The molecule has 3 rings (SSSR count). The fraction of sp³-hybridized carbons (Fsp3) is 0.481. The summed E-state index contributed by atoms with van der Waals surface area (Å²) >= 11 is 6.26. The lowest BCUT2D eigenvalue weighted by Gasteiger charge is -2.31. The van der Waals surface area contributed by atoms with Crippen LogP contribution in [0.25, 0.3) is 0 Å². The maximum atomic E-state index is 13.4. The van der Waals surface area contributed by atoms with Crippen LogP contribution in [0.15, 0.2) is 36.4 Å². The summed E-state index contributed by atoms with van der Waals surface area (Å²) in [6.45, 7) is 5.85. The molecule has 0 unspecified atom stereocenters. The minimum Gasteiger partial charge on any atom is -0.497 e. The number of amides is 2. The molecule has 2 aromatic carbocycles. The Morgan fingerprint density at radius 3 is 2.41 bits per heavy atom. The number of aryl methyl sites for hydroxylation is 2. The van der Waals surface area contributed by atoms with E-state index in [2.05, 4.69) is 5.32 Å².